The van der Waals surface area contributed by atoms with Gasteiger partial charge in [0.05, 0.1) is 0 Å². The molecule has 2 N–H and O–H groups in total. The molecule has 0 radical (unpaired) electrons. The predicted octanol–water partition coefficient (Wildman–Crippen LogP) is 4.37. The maximum Gasteiger partial charge on any atom is 0.227 e. The highest BCUT2D eigenvalue weighted by molar-refractivity contribution is 5.93. The summed E-state index contributed by atoms with van der Waals surface area (Å²) in [4.78, 5) is 12.3. The number of rotatable bonds is 9. The first-order valence-electron chi connectivity index (χ1n) is 7.82. The van der Waals surface area contributed by atoms with Crippen molar-refractivity contribution in [3.63, 3.8) is 0 Å². The molecular formula is C17H29ClN2O. The number of carbonyl (C=O) groups excluding carboxylic acids is 1. The molecule has 0 aliphatic carbocycles. The summed E-state index contributed by atoms with van der Waals surface area (Å²) in [5, 5.41) is 6.40. The van der Waals surface area contributed by atoms with Gasteiger partial charge in [-0.05, 0) is 31.0 Å². The summed E-state index contributed by atoms with van der Waals surface area (Å²) < 4.78 is 0. The van der Waals surface area contributed by atoms with Crippen LogP contribution in [0.15, 0.2) is 24.3 Å². The Morgan fingerprint density at radius 1 is 1.19 bits per heavy atom. The molecule has 1 atom stereocenters. The third kappa shape index (κ3) is 6.96. The summed E-state index contributed by atoms with van der Waals surface area (Å²) in [6.45, 7) is 8.05. The first-order valence-corrected chi connectivity index (χ1v) is 7.82. The molecule has 0 aromatic heterocycles. The lowest BCUT2D eigenvalue weighted by Gasteiger charge is -2.17. The molecule has 1 aromatic rings. The van der Waals surface area contributed by atoms with Gasteiger partial charge in [-0.25, -0.2) is 0 Å². The van der Waals surface area contributed by atoms with Crippen molar-refractivity contribution >= 4 is 24.0 Å². The molecule has 0 spiro atoms. The highest BCUT2D eigenvalue weighted by Gasteiger charge is 2.16. The maximum atomic E-state index is 12.3. The monoisotopic (exact) mass is 312 g/mol. The van der Waals surface area contributed by atoms with Gasteiger partial charge in [0.2, 0.25) is 5.91 Å². The van der Waals surface area contributed by atoms with Crippen LogP contribution in [-0.4, -0.2) is 12.5 Å². The van der Waals surface area contributed by atoms with E-state index in [1.54, 1.807) is 0 Å². The minimum Gasteiger partial charge on any atom is -0.326 e. The molecule has 0 heterocycles. The molecule has 3 nitrogen and oxygen atoms in total. The standard InChI is InChI=1S/C17H28N2O.ClH/c1-4-7-10-14(5-2)17(20)19-16-12-9-8-11-15(16)13-18-6-3;/h8-9,11-12,14,18H,4-7,10,13H2,1-3H3,(H,19,20);1H. The van der Waals surface area contributed by atoms with E-state index in [9.17, 15) is 4.79 Å². The molecule has 0 aliphatic heterocycles. The smallest absolute Gasteiger partial charge is 0.227 e. The van der Waals surface area contributed by atoms with Gasteiger partial charge in [0.15, 0.2) is 0 Å². The summed E-state index contributed by atoms with van der Waals surface area (Å²) in [6, 6.07) is 8.02. The SMILES string of the molecule is CCCCC(CC)C(=O)Nc1ccccc1CNCC.Cl. The van der Waals surface area contributed by atoms with Crippen molar-refractivity contribution < 1.29 is 4.79 Å². The average Bonchev–Trinajstić information content (AvgIpc) is 2.47. The van der Waals surface area contributed by atoms with E-state index in [1.807, 2.05) is 18.2 Å². The van der Waals surface area contributed by atoms with E-state index in [1.165, 1.54) is 0 Å². The number of anilines is 1. The molecule has 0 saturated carbocycles. The lowest BCUT2D eigenvalue weighted by atomic mass is 9.98. The molecule has 0 saturated heterocycles. The van der Waals surface area contributed by atoms with Gasteiger partial charge in [-0.2, -0.15) is 0 Å². The van der Waals surface area contributed by atoms with Crippen LogP contribution in [0.25, 0.3) is 0 Å². The minimum absolute atomic E-state index is 0. The second-order valence-electron chi connectivity index (χ2n) is 5.17. The van der Waals surface area contributed by atoms with E-state index in [0.717, 1.165) is 50.0 Å². The fourth-order valence-corrected chi connectivity index (χ4v) is 2.26. The molecule has 0 fully saturated rings. The Balaban J connectivity index is 0.00000400. The second kappa shape index (κ2) is 11.6. The van der Waals surface area contributed by atoms with Crippen molar-refractivity contribution in [2.45, 2.75) is 53.0 Å². The largest absolute Gasteiger partial charge is 0.326 e. The van der Waals surface area contributed by atoms with Crippen molar-refractivity contribution in [3.05, 3.63) is 29.8 Å². The van der Waals surface area contributed by atoms with Gasteiger partial charge in [-0.1, -0.05) is 51.8 Å². The lowest BCUT2D eigenvalue weighted by molar-refractivity contribution is -0.120. The predicted molar refractivity (Wildman–Crippen MR) is 93.0 cm³/mol. The number of para-hydroxylation sites is 1. The van der Waals surface area contributed by atoms with E-state index >= 15 is 0 Å². The first kappa shape index (κ1) is 19.9. The number of hydrogen-bond acceptors (Lipinski definition) is 2. The zero-order chi connectivity index (χ0) is 14.8. The summed E-state index contributed by atoms with van der Waals surface area (Å²) in [7, 11) is 0. The Morgan fingerprint density at radius 2 is 1.90 bits per heavy atom. The fourth-order valence-electron chi connectivity index (χ4n) is 2.26. The van der Waals surface area contributed by atoms with Crippen molar-refractivity contribution in [1.29, 1.82) is 0 Å². The van der Waals surface area contributed by atoms with Gasteiger partial charge in [0.25, 0.3) is 0 Å². The van der Waals surface area contributed by atoms with Crippen molar-refractivity contribution in [2.75, 3.05) is 11.9 Å². The van der Waals surface area contributed by atoms with Gasteiger partial charge in [0, 0.05) is 18.2 Å². The Hall–Kier alpha value is -1.06. The van der Waals surface area contributed by atoms with Crippen LogP contribution >= 0.6 is 12.4 Å². The minimum atomic E-state index is 0. The third-order valence-electron chi connectivity index (χ3n) is 3.61. The molecule has 4 heteroatoms. The van der Waals surface area contributed by atoms with Crippen LogP contribution in [-0.2, 0) is 11.3 Å². The van der Waals surface area contributed by atoms with Gasteiger partial charge < -0.3 is 10.6 Å². The highest BCUT2D eigenvalue weighted by Crippen LogP contribution is 2.19. The Morgan fingerprint density at radius 3 is 2.52 bits per heavy atom. The topological polar surface area (TPSA) is 41.1 Å². The molecule has 1 rings (SSSR count). The van der Waals surface area contributed by atoms with Gasteiger partial charge in [-0.3, -0.25) is 4.79 Å². The number of nitrogens with one attached hydrogen (secondary N) is 2. The third-order valence-corrected chi connectivity index (χ3v) is 3.61. The molecule has 0 aliphatic rings. The zero-order valence-electron chi connectivity index (χ0n) is 13.4. The van der Waals surface area contributed by atoms with Crippen molar-refractivity contribution in [1.82, 2.24) is 5.32 Å². The normalized spacial score (nSPS) is 11.6. The van der Waals surface area contributed by atoms with E-state index in [-0.39, 0.29) is 24.2 Å². The number of amides is 1. The van der Waals surface area contributed by atoms with Crippen LogP contribution in [0.4, 0.5) is 5.69 Å². The van der Waals surface area contributed by atoms with Gasteiger partial charge in [-0.15, -0.1) is 12.4 Å². The summed E-state index contributed by atoms with van der Waals surface area (Å²) >= 11 is 0. The lowest BCUT2D eigenvalue weighted by Crippen LogP contribution is -2.23. The van der Waals surface area contributed by atoms with Crippen LogP contribution < -0.4 is 10.6 Å². The molecule has 1 aromatic carbocycles. The van der Waals surface area contributed by atoms with Crippen LogP contribution in [0.2, 0.25) is 0 Å². The van der Waals surface area contributed by atoms with E-state index in [4.69, 9.17) is 0 Å². The van der Waals surface area contributed by atoms with Crippen LogP contribution in [0.3, 0.4) is 0 Å². The van der Waals surface area contributed by atoms with Gasteiger partial charge >= 0.3 is 0 Å². The van der Waals surface area contributed by atoms with Crippen molar-refractivity contribution in [2.24, 2.45) is 5.92 Å². The molecule has 0 bridgehead atoms. The number of halogens is 1. The van der Waals surface area contributed by atoms with Crippen molar-refractivity contribution in [3.8, 4) is 0 Å². The summed E-state index contributed by atoms with van der Waals surface area (Å²) in [6.07, 6.45) is 4.14. The second-order valence-corrected chi connectivity index (χ2v) is 5.17. The number of carbonyl (C=O) groups is 1. The van der Waals surface area contributed by atoms with E-state index in [2.05, 4.69) is 37.5 Å². The molecular weight excluding hydrogens is 284 g/mol. The fraction of sp³-hybridized carbons (Fsp3) is 0.588. The number of hydrogen-bond donors (Lipinski definition) is 2. The quantitative estimate of drug-likeness (QED) is 0.710. The average molecular weight is 313 g/mol. The Labute approximate surface area is 135 Å². The van der Waals surface area contributed by atoms with Crippen LogP contribution in [0, 0.1) is 5.92 Å². The molecule has 1 unspecified atom stereocenters. The first-order chi connectivity index (χ1) is 9.72. The zero-order valence-corrected chi connectivity index (χ0v) is 14.3. The molecule has 21 heavy (non-hydrogen) atoms. The van der Waals surface area contributed by atoms with Gasteiger partial charge in [0.1, 0.15) is 0 Å². The van der Waals surface area contributed by atoms with Crippen LogP contribution in [0.1, 0.15) is 52.0 Å². The Kier molecular flexibility index (Phi) is 11.0. The van der Waals surface area contributed by atoms with E-state index in [0.29, 0.717) is 0 Å². The summed E-state index contributed by atoms with van der Waals surface area (Å²) in [5.74, 6) is 0.284. The van der Waals surface area contributed by atoms with E-state index < -0.39 is 0 Å². The maximum absolute atomic E-state index is 12.3. The number of unbranched alkanes of at least 4 members (excludes halogenated alkanes) is 1. The summed E-state index contributed by atoms with van der Waals surface area (Å²) in [5.41, 5.74) is 2.08. The highest BCUT2D eigenvalue weighted by atomic mass is 35.5. The molecule has 120 valence electrons. The van der Waals surface area contributed by atoms with Crippen LogP contribution in [0.5, 0.6) is 0 Å². The molecule has 1 amide bonds. The number of benzene rings is 1. The Bertz CT molecular complexity index is 410.